The smallest absolute Gasteiger partial charge is 0.274 e. The van der Waals surface area contributed by atoms with E-state index in [1.165, 1.54) is 19.8 Å². The Kier molecular flexibility index (Phi) is 6.55. The van der Waals surface area contributed by atoms with Crippen LogP contribution in [0.25, 0.3) is 10.2 Å². The fraction of sp³-hybridized carbons (Fsp3) is 0.636. The first-order chi connectivity index (χ1) is 14.0. The van der Waals surface area contributed by atoms with E-state index in [2.05, 4.69) is 16.4 Å². The van der Waals surface area contributed by atoms with Crippen LogP contribution in [-0.2, 0) is 9.53 Å². The molecule has 0 saturated heterocycles. The summed E-state index contributed by atoms with van der Waals surface area (Å²) in [6.45, 7) is 4.87. The first kappa shape index (κ1) is 20.4. The van der Waals surface area contributed by atoms with Gasteiger partial charge < -0.3 is 19.5 Å². The summed E-state index contributed by atoms with van der Waals surface area (Å²) in [7, 11) is 0. The van der Waals surface area contributed by atoms with Gasteiger partial charge in [-0.05, 0) is 69.6 Å². The summed E-state index contributed by atoms with van der Waals surface area (Å²) in [5, 5.41) is 3.59. The minimum atomic E-state index is -0.0179. The predicted molar refractivity (Wildman–Crippen MR) is 114 cm³/mol. The average Bonchev–Trinajstić information content (AvgIpc) is 3.44. The monoisotopic (exact) mass is 418 g/mol. The Balaban J connectivity index is 1.23. The van der Waals surface area contributed by atoms with Crippen molar-refractivity contribution in [2.24, 2.45) is 5.92 Å². The van der Waals surface area contributed by atoms with Gasteiger partial charge in [0.2, 0.25) is 5.91 Å². The van der Waals surface area contributed by atoms with Crippen LogP contribution in [0.15, 0.2) is 18.2 Å². The van der Waals surface area contributed by atoms with Gasteiger partial charge in [0.1, 0.15) is 11.9 Å². The van der Waals surface area contributed by atoms with Gasteiger partial charge in [-0.25, -0.2) is 4.98 Å². The molecular formula is C22H30N2O4S. The van der Waals surface area contributed by atoms with Crippen molar-refractivity contribution in [3.05, 3.63) is 18.2 Å². The maximum Gasteiger partial charge on any atom is 0.274 e. The summed E-state index contributed by atoms with van der Waals surface area (Å²) in [5.74, 6) is 1.65. The molecule has 1 N–H and O–H groups in total. The van der Waals surface area contributed by atoms with Gasteiger partial charge in [-0.15, -0.1) is 0 Å². The molecule has 158 valence electrons. The summed E-state index contributed by atoms with van der Waals surface area (Å²) in [6, 6.07) is 6.13. The molecule has 1 atom stereocenters. The lowest BCUT2D eigenvalue weighted by molar-refractivity contribution is -0.120. The SMILES string of the molecule is CC(=O)N[C@@H](C)CO[C@H]1CC[C@H](Oc2nc3ccc(OCC4CC4)cc3s2)CC1. The molecule has 0 radical (unpaired) electrons. The quantitative estimate of drug-likeness (QED) is 0.657. The summed E-state index contributed by atoms with van der Waals surface area (Å²) < 4.78 is 19.1. The molecule has 2 aromatic rings. The molecule has 1 amide bonds. The lowest BCUT2D eigenvalue weighted by Gasteiger charge is -2.29. The highest BCUT2D eigenvalue weighted by molar-refractivity contribution is 7.20. The zero-order valence-corrected chi connectivity index (χ0v) is 18.0. The molecule has 1 heterocycles. The Labute approximate surface area is 175 Å². The fourth-order valence-corrected chi connectivity index (χ4v) is 4.56. The van der Waals surface area contributed by atoms with Crippen molar-refractivity contribution in [3.8, 4) is 10.9 Å². The van der Waals surface area contributed by atoms with E-state index in [0.717, 1.165) is 59.4 Å². The van der Waals surface area contributed by atoms with Gasteiger partial charge in [-0.2, -0.15) is 0 Å². The van der Waals surface area contributed by atoms with Crippen LogP contribution in [0.3, 0.4) is 0 Å². The first-order valence-electron chi connectivity index (χ1n) is 10.6. The van der Waals surface area contributed by atoms with Crippen LogP contribution in [0.5, 0.6) is 10.9 Å². The second kappa shape index (κ2) is 9.30. The minimum absolute atomic E-state index is 0.0179. The summed E-state index contributed by atoms with van der Waals surface area (Å²) in [5.41, 5.74) is 0.966. The zero-order valence-electron chi connectivity index (χ0n) is 17.2. The fourth-order valence-electron chi connectivity index (χ4n) is 3.65. The predicted octanol–water partition coefficient (Wildman–Crippen LogP) is 4.32. The number of benzene rings is 1. The molecule has 2 saturated carbocycles. The third-order valence-electron chi connectivity index (χ3n) is 5.44. The van der Waals surface area contributed by atoms with E-state index in [0.29, 0.717) is 6.61 Å². The van der Waals surface area contributed by atoms with Crippen LogP contribution in [-0.4, -0.2) is 42.4 Å². The Morgan fingerprint density at radius 1 is 1.21 bits per heavy atom. The van der Waals surface area contributed by atoms with Crippen LogP contribution in [0.2, 0.25) is 0 Å². The normalized spacial score (nSPS) is 23.0. The number of hydrogen-bond acceptors (Lipinski definition) is 6. The van der Waals surface area contributed by atoms with Gasteiger partial charge in [0.15, 0.2) is 0 Å². The van der Waals surface area contributed by atoms with Crippen molar-refractivity contribution in [1.29, 1.82) is 0 Å². The molecule has 7 heteroatoms. The number of amides is 1. The standard InChI is InChI=1S/C22H30N2O4S/c1-14(23-15(2)25)12-26-17-5-7-18(8-6-17)28-22-24-20-10-9-19(11-21(20)29-22)27-13-16-3-4-16/h9-11,14,16-18H,3-8,12-13H2,1-2H3,(H,23,25)/t14-,17-,18-/m0/s1. The molecule has 2 fully saturated rings. The topological polar surface area (TPSA) is 69.7 Å². The third kappa shape index (κ3) is 6.06. The molecule has 0 bridgehead atoms. The van der Waals surface area contributed by atoms with Crippen molar-refractivity contribution in [1.82, 2.24) is 10.3 Å². The van der Waals surface area contributed by atoms with Gasteiger partial charge in [0.05, 0.1) is 29.5 Å². The number of carbonyl (C=O) groups excluding carboxylic acids is 1. The van der Waals surface area contributed by atoms with E-state index in [1.807, 2.05) is 19.1 Å². The summed E-state index contributed by atoms with van der Waals surface area (Å²) in [4.78, 5) is 15.7. The zero-order chi connectivity index (χ0) is 20.2. The van der Waals surface area contributed by atoms with E-state index in [9.17, 15) is 4.79 Å². The van der Waals surface area contributed by atoms with Crippen LogP contribution in [0.4, 0.5) is 0 Å². The van der Waals surface area contributed by atoms with Gasteiger partial charge >= 0.3 is 0 Å². The average molecular weight is 419 g/mol. The van der Waals surface area contributed by atoms with Gasteiger partial charge in [-0.3, -0.25) is 4.79 Å². The number of thiazole rings is 1. The molecule has 1 aromatic heterocycles. The van der Waals surface area contributed by atoms with E-state index in [1.54, 1.807) is 11.3 Å². The molecule has 29 heavy (non-hydrogen) atoms. The number of carbonyl (C=O) groups is 1. The van der Waals surface area contributed by atoms with E-state index in [4.69, 9.17) is 14.2 Å². The number of hydrogen-bond donors (Lipinski definition) is 1. The van der Waals surface area contributed by atoms with Gasteiger partial charge in [-0.1, -0.05) is 11.3 Å². The summed E-state index contributed by atoms with van der Waals surface area (Å²) >= 11 is 1.59. The maximum absolute atomic E-state index is 11.1. The van der Waals surface area contributed by atoms with Crippen molar-refractivity contribution < 1.29 is 19.0 Å². The minimum Gasteiger partial charge on any atom is -0.493 e. The summed E-state index contributed by atoms with van der Waals surface area (Å²) in [6.07, 6.45) is 6.89. The van der Waals surface area contributed by atoms with Crippen molar-refractivity contribution >= 4 is 27.5 Å². The van der Waals surface area contributed by atoms with Crippen LogP contribution < -0.4 is 14.8 Å². The molecule has 6 nitrogen and oxygen atoms in total. The highest BCUT2D eigenvalue weighted by Crippen LogP contribution is 2.34. The highest BCUT2D eigenvalue weighted by atomic mass is 32.1. The van der Waals surface area contributed by atoms with Crippen molar-refractivity contribution in [2.45, 2.75) is 70.6 Å². The molecular weight excluding hydrogens is 388 g/mol. The molecule has 2 aliphatic rings. The molecule has 0 aliphatic heterocycles. The Morgan fingerprint density at radius 3 is 2.69 bits per heavy atom. The van der Waals surface area contributed by atoms with E-state index >= 15 is 0 Å². The largest absolute Gasteiger partial charge is 0.493 e. The number of ether oxygens (including phenoxy) is 3. The molecule has 2 aliphatic carbocycles. The number of rotatable bonds is 9. The van der Waals surface area contributed by atoms with Crippen LogP contribution in [0, 0.1) is 5.92 Å². The van der Waals surface area contributed by atoms with Crippen molar-refractivity contribution in [3.63, 3.8) is 0 Å². The molecule has 0 spiro atoms. The number of aromatic nitrogens is 1. The Bertz CT molecular complexity index is 827. The Morgan fingerprint density at radius 2 is 1.97 bits per heavy atom. The second-order valence-corrected chi connectivity index (χ2v) is 9.31. The molecule has 1 aromatic carbocycles. The highest BCUT2D eigenvalue weighted by Gasteiger charge is 2.25. The van der Waals surface area contributed by atoms with E-state index in [-0.39, 0.29) is 24.2 Å². The molecule has 0 unspecified atom stereocenters. The molecule has 4 rings (SSSR count). The van der Waals surface area contributed by atoms with Crippen molar-refractivity contribution in [2.75, 3.05) is 13.2 Å². The van der Waals surface area contributed by atoms with Crippen LogP contribution >= 0.6 is 11.3 Å². The number of nitrogens with one attached hydrogen (secondary N) is 1. The first-order valence-corrected chi connectivity index (χ1v) is 11.5. The number of nitrogens with zero attached hydrogens (tertiary/aromatic N) is 1. The second-order valence-electron chi connectivity index (χ2n) is 8.32. The Hall–Kier alpha value is -1.86. The maximum atomic E-state index is 11.1. The van der Waals surface area contributed by atoms with Crippen LogP contribution in [0.1, 0.15) is 52.4 Å². The lowest BCUT2D eigenvalue weighted by atomic mass is 9.95. The number of fused-ring (bicyclic) bond motifs is 1. The van der Waals surface area contributed by atoms with Gasteiger partial charge in [0.25, 0.3) is 5.19 Å². The van der Waals surface area contributed by atoms with Gasteiger partial charge in [0, 0.05) is 13.0 Å². The lowest BCUT2D eigenvalue weighted by Crippen LogP contribution is -2.36. The van der Waals surface area contributed by atoms with E-state index < -0.39 is 0 Å². The third-order valence-corrected chi connectivity index (χ3v) is 6.35.